The zero-order valence-electron chi connectivity index (χ0n) is 14.9. The zero-order chi connectivity index (χ0) is 20.1. The molecule has 0 unspecified atom stereocenters. The molecule has 2 aromatic carbocycles. The fourth-order valence-corrected chi connectivity index (χ4v) is 2.25. The van der Waals surface area contributed by atoms with Gasteiger partial charge in [-0.2, -0.15) is 0 Å². The fraction of sp³-hybridized carbons (Fsp3) is 0.222. The number of benzene rings is 2. The van der Waals surface area contributed by atoms with Gasteiger partial charge in [0.1, 0.15) is 5.82 Å². The van der Waals surface area contributed by atoms with Gasteiger partial charge in [0.05, 0.1) is 16.2 Å². The van der Waals surface area contributed by atoms with Gasteiger partial charge in [-0.25, -0.2) is 9.18 Å². The summed E-state index contributed by atoms with van der Waals surface area (Å²) >= 11 is 0. The summed E-state index contributed by atoms with van der Waals surface area (Å²) in [5, 5.41) is 13.5. The van der Waals surface area contributed by atoms with Crippen molar-refractivity contribution in [3.8, 4) is 0 Å². The predicted octanol–water partition coefficient (Wildman–Crippen LogP) is 2.98. The summed E-state index contributed by atoms with van der Waals surface area (Å²) in [5.74, 6) is -1.94. The number of amides is 1. The molecule has 0 radical (unpaired) electrons. The van der Waals surface area contributed by atoms with Crippen LogP contribution in [0.3, 0.4) is 0 Å². The molecule has 0 saturated heterocycles. The van der Waals surface area contributed by atoms with Gasteiger partial charge in [0.25, 0.3) is 11.6 Å². The minimum Gasteiger partial charge on any atom is -0.449 e. The normalized spacial score (nSPS) is 11.4. The highest BCUT2D eigenvalue weighted by atomic mass is 19.1. The van der Waals surface area contributed by atoms with E-state index in [0.29, 0.717) is 11.4 Å². The lowest BCUT2D eigenvalue weighted by atomic mass is 10.1. The molecular weight excluding hydrogens is 357 g/mol. The van der Waals surface area contributed by atoms with Gasteiger partial charge in [0.15, 0.2) is 6.10 Å². The van der Waals surface area contributed by atoms with Gasteiger partial charge >= 0.3 is 5.97 Å². The summed E-state index contributed by atoms with van der Waals surface area (Å²) in [6.45, 7) is 1.36. The molecule has 0 spiro atoms. The summed E-state index contributed by atoms with van der Waals surface area (Å²) < 4.78 is 18.0. The lowest BCUT2D eigenvalue weighted by Gasteiger charge is -2.18. The second-order valence-corrected chi connectivity index (χ2v) is 5.90. The smallest absolute Gasteiger partial charge is 0.341 e. The molecule has 142 valence electrons. The van der Waals surface area contributed by atoms with E-state index in [4.69, 9.17) is 4.74 Å². The Morgan fingerprint density at radius 1 is 1.19 bits per heavy atom. The van der Waals surface area contributed by atoms with Gasteiger partial charge in [0, 0.05) is 31.9 Å². The Hall–Kier alpha value is -3.49. The molecule has 27 heavy (non-hydrogen) atoms. The second-order valence-electron chi connectivity index (χ2n) is 5.90. The first-order chi connectivity index (χ1) is 12.7. The van der Waals surface area contributed by atoms with Crippen LogP contribution in [0.15, 0.2) is 42.5 Å². The third-order valence-electron chi connectivity index (χ3n) is 3.66. The van der Waals surface area contributed by atoms with Crippen molar-refractivity contribution in [2.75, 3.05) is 24.3 Å². The molecular formula is C18H18FN3O5. The lowest BCUT2D eigenvalue weighted by molar-refractivity contribution is -0.384. The number of carbonyl (C=O) groups is 2. The highest BCUT2D eigenvalue weighted by Gasteiger charge is 2.24. The van der Waals surface area contributed by atoms with Crippen molar-refractivity contribution in [2.24, 2.45) is 0 Å². The van der Waals surface area contributed by atoms with Gasteiger partial charge in [-0.05, 0) is 37.3 Å². The highest BCUT2D eigenvalue weighted by Crippen LogP contribution is 2.25. The first kappa shape index (κ1) is 19.8. The lowest BCUT2D eigenvalue weighted by Crippen LogP contribution is -2.30. The predicted molar refractivity (Wildman–Crippen MR) is 97.3 cm³/mol. The average molecular weight is 375 g/mol. The molecule has 0 fully saturated rings. The monoisotopic (exact) mass is 375 g/mol. The highest BCUT2D eigenvalue weighted by molar-refractivity contribution is 6.00. The SMILES string of the molecule is C[C@H](OC(=O)c1cc([N+](=O)[O-])ccc1N(C)C)C(=O)Nc1ccc(F)cc1. The van der Waals surface area contributed by atoms with Gasteiger partial charge in [0.2, 0.25) is 0 Å². The van der Waals surface area contributed by atoms with E-state index in [-0.39, 0.29) is 11.3 Å². The molecule has 1 amide bonds. The molecule has 0 aromatic heterocycles. The number of non-ortho nitro benzene ring substituents is 1. The van der Waals surface area contributed by atoms with Gasteiger partial charge in [-0.15, -0.1) is 0 Å². The van der Waals surface area contributed by atoms with Crippen LogP contribution in [0.4, 0.5) is 21.5 Å². The van der Waals surface area contributed by atoms with Crippen LogP contribution >= 0.6 is 0 Å². The van der Waals surface area contributed by atoms with E-state index in [1.165, 1.54) is 43.3 Å². The van der Waals surface area contributed by atoms with Gasteiger partial charge in [-0.1, -0.05) is 0 Å². The number of ether oxygens (including phenoxy) is 1. The molecule has 1 atom stereocenters. The largest absolute Gasteiger partial charge is 0.449 e. The summed E-state index contributed by atoms with van der Waals surface area (Å²) in [5.41, 5.74) is 0.456. The molecule has 2 aromatic rings. The molecule has 0 heterocycles. The van der Waals surface area contributed by atoms with E-state index in [0.717, 1.165) is 6.07 Å². The molecule has 0 bridgehead atoms. The van der Waals surface area contributed by atoms with E-state index in [9.17, 15) is 24.1 Å². The van der Waals surface area contributed by atoms with Gasteiger partial charge < -0.3 is 15.0 Å². The first-order valence-electron chi connectivity index (χ1n) is 7.92. The number of nitrogens with zero attached hydrogens (tertiary/aromatic N) is 2. The van der Waals surface area contributed by atoms with Crippen molar-refractivity contribution < 1.29 is 23.6 Å². The summed E-state index contributed by atoms with van der Waals surface area (Å²) in [7, 11) is 3.34. The molecule has 2 rings (SSSR count). The van der Waals surface area contributed by atoms with Gasteiger partial charge in [-0.3, -0.25) is 14.9 Å². The molecule has 0 saturated carbocycles. The number of carbonyl (C=O) groups excluding carboxylic acids is 2. The molecule has 0 aliphatic carbocycles. The number of nitro groups is 1. The number of hydrogen-bond acceptors (Lipinski definition) is 6. The van der Waals surface area contributed by atoms with Crippen molar-refractivity contribution in [3.05, 3.63) is 64.0 Å². The number of hydrogen-bond donors (Lipinski definition) is 1. The maximum absolute atomic E-state index is 12.9. The molecule has 8 nitrogen and oxygen atoms in total. The minimum absolute atomic E-state index is 0.0318. The molecule has 1 N–H and O–H groups in total. The van der Waals surface area contributed by atoms with Crippen LogP contribution in [0.5, 0.6) is 0 Å². The third-order valence-corrected chi connectivity index (χ3v) is 3.66. The van der Waals surface area contributed by atoms with Crippen molar-refractivity contribution >= 4 is 28.9 Å². The average Bonchev–Trinajstić information content (AvgIpc) is 2.62. The van der Waals surface area contributed by atoms with Crippen LogP contribution in [0.1, 0.15) is 17.3 Å². The number of nitro benzene ring substituents is 1. The van der Waals surface area contributed by atoms with Crippen molar-refractivity contribution in [1.29, 1.82) is 0 Å². The van der Waals surface area contributed by atoms with Crippen LogP contribution < -0.4 is 10.2 Å². The Bertz CT molecular complexity index is 868. The van der Waals surface area contributed by atoms with E-state index < -0.39 is 28.7 Å². The van der Waals surface area contributed by atoms with Crippen LogP contribution in [0.25, 0.3) is 0 Å². The zero-order valence-corrected chi connectivity index (χ0v) is 14.9. The maximum atomic E-state index is 12.9. The Kier molecular flexibility index (Phi) is 6.07. The summed E-state index contributed by atoms with van der Waals surface area (Å²) in [4.78, 5) is 36.6. The second kappa shape index (κ2) is 8.26. The van der Waals surface area contributed by atoms with Crippen LogP contribution in [-0.4, -0.2) is 37.0 Å². The fourth-order valence-electron chi connectivity index (χ4n) is 2.25. The third kappa shape index (κ3) is 5.00. The Balaban J connectivity index is 2.15. The molecule has 0 aliphatic rings. The van der Waals surface area contributed by atoms with Crippen molar-refractivity contribution in [1.82, 2.24) is 0 Å². The number of esters is 1. The maximum Gasteiger partial charge on any atom is 0.341 e. The van der Waals surface area contributed by atoms with E-state index in [1.807, 2.05) is 0 Å². The summed E-state index contributed by atoms with van der Waals surface area (Å²) in [6.07, 6.45) is -1.17. The van der Waals surface area contributed by atoms with E-state index in [1.54, 1.807) is 19.0 Å². The number of nitrogens with one attached hydrogen (secondary N) is 1. The number of halogens is 1. The number of rotatable bonds is 6. The van der Waals surface area contributed by atoms with E-state index >= 15 is 0 Å². The Labute approximate surface area is 154 Å². The molecule has 9 heteroatoms. The quantitative estimate of drug-likeness (QED) is 0.473. The Morgan fingerprint density at radius 2 is 1.81 bits per heavy atom. The molecule has 0 aliphatic heterocycles. The van der Waals surface area contributed by atoms with E-state index in [2.05, 4.69) is 5.32 Å². The van der Waals surface area contributed by atoms with Crippen LogP contribution in [-0.2, 0) is 9.53 Å². The van der Waals surface area contributed by atoms with Crippen LogP contribution in [0.2, 0.25) is 0 Å². The summed E-state index contributed by atoms with van der Waals surface area (Å²) in [6, 6.07) is 8.90. The Morgan fingerprint density at radius 3 is 2.37 bits per heavy atom. The van der Waals surface area contributed by atoms with Crippen molar-refractivity contribution in [2.45, 2.75) is 13.0 Å². The van der Waals surface area contributed by atoms with Crippen molar-refractivity contribution in [3.63, 3.8) is 0 Å². The van der Waals surface area contributed by atoms with Crippen LogP contribution in [0, 0.1) is 15.9 Å². The minimum atomic E-state index is -1.17. The first-order valence-corrected chi connectivity index (χ1v) is 7.92. The number of anilines is 2. The topological polar surface area (TPSA) is 102 Å². The standard InChI is InChI=1S/C18H18FN3O5/c1-11(17(23)20-13-6-4-12(19)5-7-13)27-18(24)15-10-14(22(25)26)8-9-16(15)21(2)3/h4-11H,1-3H3,(H,20,23)/t11-/m0/s1.